The number of aromatic nitrogens is 7. The largest absolute Gasteiger partial charge is 1.00 e. The summed E-state index contributed by atoms with van der Waals surface area (Å²) in [4.78, 5) is 96.9. The molecule has 1 saturated carbocycles. The Balaban J connectivity index is 0.000000141. The number of methoxy groups -OCH3 is 5. The van der Waals surface area contributed by atoms with E-state index in [9.17, 15) is 32.8 Å². The Morgan fingerprint density at radius 2 is 0.950 bits per heavy atom. The van der Waals surface area contributed by atoms with Crippen LogP contribution in [-0.2, 0) is 29.6 Å². The monoisotopic (exact) mass is 1940 g/mol. The van der Waals surface area contributed by atoms with Gasteiger partial charge in [0.15, 0.2) is 5.78 Å². The number of rotatable bonds is 13. The second kappa shape index (κ2) is 49.5. The molecule has 17 heterocycles. The number of halogens is 2. The summed E-state index contributed by atoms with van der Waals surface area (Å²) < 4.78 is 84.3. The van der Waals surface area contributed by atoms with E-state index in [4.69, 9.17) is 68.0 Å². The van der Waals surface area contributed by atoms with Crippen LogP contribution in [0.5, 0.6) is 28.7 Å². The number of nitrogens with two attached hydrogens (primary N) is 1. The van der Waals surface area contributed by atoms with Crippen molar-refractivity contribution in [3.8, 4) is 34.4 Å². The molecule has 3 aromatic heterocycles. The number of allylic oxidation sites excluding steroid dienone is 2. The van der Waals surface area contributed by atoms with Crippen LogP contribution in [0.2, 0.25) is 0 Å². The second-order valence-corrected chi connectivity index (χ2v) is 36.9. The number of anilines is 7. The van der Waals surface area contributed by atoms with Gasteiger partial charge in [-0.3, -0.25) is 38.0 Å². The number of ether oxygens (including phenoxy) is 5. The van der Waals surface area contributed by atoms with Crippen LogP contribution in [0.3, 0.4) is 0 Å². The number of nitrogens with zero attached hydrogens (tertiary/aromatic N) is 17. The molecule has 732 valence electrons. The van der Waals surface area contributed by atoms with Gasteiger partial charge >= 0.3 is 40.0 Å². The van der Waals surface area contributed by atoms with E-state index in [2.05, 4.69) is 109 Å². The van der Waals surface area contributed by atoms with E-state index in [1.165, 1.54) is 69.6 Å². The van der Waals surface area contributed by atoms with Crippen LogP contribution in [0.1, 0.15) is 112 Å². The van der Waals surface area contributed by atoms with Gasteiger partial charge in [-0.05, 0) is 272 Å². The van der Waals surface area contributed by atoms with Crippen molar-refractivity contribution < 1.29 is 104 Å². The minimum absolute atomic E-state index is 0. The van der Waals surface area contributed by atoms with E-state index >= 15 is 0 Å². The number of nitrogens with one attached hydrogen (secondary N) is 2. The van der Waals surface area contributed by atoms with E-state index in [0.717, 1.165) is 186 Å². The Bertz CT molecular complexity index is 6130. The van der Waals surface area contributed by atoms with E-state index in [1.54, 1.807) is 90.7 Å². The fourth-order valence-electron chi connectivity index (χ4n) is 19.8. The number of benzene rings is 8. The van der Waals surface area contributed by atoms with Crippen LogP contribution in [-0.4, -0.2) is 224 Å². The molecule has 0 spiro atoms. The van der Waals surface area contributed by atoms with Gasteiger partial charge in [0, 0.05) is 178 Å². The third kappa shape index (κ3) is 28.1. The average Bonchev–Trinajstić information content (AvgIpc) is 1.61. The van der Waals surface area contributed by atoms with Crippen molar-refractivity contribution in [2.75, 3.05) is 136 Å². The molecule has 0 unspecified atom stereocenters. The molecule has 15 fully saturated rings. The zero-order chi connectivity index (χ0) is 98.2. The normalized spacial score (nSPS) is 21.5. The number of fused-ring (bicyclic) bond motifs is 21. The van der Waals surface area contributed by atoms with Crippen LogP contribution in [0.15, 0.2) is 213 Å². The molecule has 8 aromatic carbocycles. The summed E-state index contributed by atoms with van der Waals surface area (Å²) in [5.41, 5.74) is 28.3. The Labute approximate surface area is 835 Å². The molecule has 27 rings (SSSR count). The van der Waals surface area contributed by atoms with Crippen LogP contribution in [0, 0.1) is 42.2 Å². The average molecular weight is 1940 g/mol. The number of amides is 3. The summed E-state index contributed by atoms with van der Waals surface area (Å²) >= 11 is 0. The fraction of sp³-hybridized carbons (Fsp3) is 0.402. The van der Waals surface area contributed by atoms with Crippen molar-refractivity contribution >= 4 is 102 Å². The third-order valence-electron chi connectivity index (χ3n) is 26.8. The zero-order valence-electron chi connectivity index (χ0n) is 79.8. The quantitative estimate of drug-likeness (QED) is 0.0179. The van der Waals surface area contributed by atoms with Gasteiger partial charge in [0.1, 0.15) is 46.2 Å². The van der Waals surface area contributed by atoms with Crippen molar-refractivity contribution in [2.24, 2.45) is 23.7 Å². The van der Waals surface area contributed by atoms with Gasteiger partial charge in [-0.25, -0.2) is 28.7 Å². The van der Waals surface area contributed by atoms with E-state index in [-0.39, 0.29) is 82.6 Å². The molecule has 38 heteroatoms. The third-order valence-corrected chi connectivity index (χ3v) is 26.8. The molecule has 0 radical (unpaired) electrons. The van der Waals surface area contributed by atoms with Gasteiger partial charge in [0.05, 0.1) is 76.1 Å². The summed E-state index contributed by atoms with van der Waals surface area (Å²) in [5.74, 6) is 7.62. The first kappa shape index (κ1) is 104. The summed E-state index contributed by atoms with van der Waals surface area (Å²) in [6.07, 6.45) is 25.4. The molecule has 14 aliphatic heterocycles. The van der Waals surface area contributed by atoms with Crippen molar-refractivity contribution in [3.63, 3.8) is 0 Å². The maximum absolute atomic E-state index is 13.8. The van der Waals surface area contributed by atoms with Gasteiger partial charge < -0.3 is 85.4 Å². The number of ketones is 2. The minimum atomic E-state index is -4.67. The van der Waals surface area contributed by atoms with E-state index in [1.807, 2.05) is 96.8 Å². The summed E-state index contributed by atoms with van der Waals surface area (Å²) in [5, 5.41) is 16.0. The SMILES string of the molecule is COc1ccc(N)cc1.COc1ccc(N2C[C@@H]3CC[C@H]2CC(=O)N3)cc1.COc1ccc(N2C[C@@H]3CC[C@H]2CC3=O)cc1.COc1ccc(N2C[C@@H]3CC[C@H]2CN(c2ncc4cc(F)ccc4n2)C3)cc1.COc1ccc(N2C[C@@H]3CC[C@H]2CNC3=O)cc1.Cc1ccc(-n2nccn2)c(C(=O)N2C[C@@H]3CC[C@H]2CN(c2ncc4cc(F)ccc4n2)C3)c1.O=C1C=CCCC1.O=S(=O)(O)O.[N-]=[N+]=[N-].[Na+]. The smallest absolute Gasteiger partial charge is 0.497 e. The summed E-state index contributed by atoms with van der Waals surface area (Å²) in [6, 6.07) is 56.9. The van der Waals surface area contributed by atoms with Gasteiger partial charge in [-0.2, -0.15) is 23.4 Å². The summed E-state index contributed by atoms with van der Waals surface area (Å²) in [6.45, 7) is 10.4. The van der Waals surface area contributed by atoms with Gasteiger partial charge in [0.2, 0.25) is 23.7 Å². The van der Waals surface area contributed by atoms with Crippen molar-refractivity contribution in [2.45, 2.75) is 139 Å². The first-order chi connectivity index (χ1) is 67.2. The predicted octanol–water partition coefficient (Wildman–Crippen LogP) is 12.3. The van der Waals surface area contributed by atoms with Gasteiger partial charge in [-0.1, -0.05) is 17.7 Å². The van der Waals surface area contributed by atoms with Crippen LogP contribution in [0.4, 0.5) is 49.1 Å². The molecule has 11 aromatic rings. The standard InChI is InChI=1S/C25H24FN7O.C22H23FN4O.2C14H18N2O2.C14H17NO2.C7H9NO.C6H8O.N3.Na.H2O4S/c1-16-2-7-23(33-28-8-9-29-33)21(10-16)24(34)32-14-17-3-5-20(32)15-31(13-17)25-27-12-18-11-19(26)4-6-22(18)30-25;1-28-20-7-5-18(6-8-20)27-13-15-2-4-19(27)14-26(12-15)22-24-11-16-10-17(23)3-9-21(16)25-22;1-18-13-6-4-11(5-7-13)16-9-10-2-3-12(16)8-15-14(10)17;1-18-13-6-4-11(5-7-13)16-9-10-2-3-12(16)8-14(17)15-10;1-17-13-6-4-11(5-7-13)15-9-10-2-3-12(15)8-14(10)16;1-9-7-4-2-6(8)3-5-7;7-6-4-2-1-3-5-6;1-3-2;;1-5(2,3)4/h2,4,6-12,17,20H,3,5,13-15H2,1H3;3,5-11,15,19H,2,4,12-14H2,1H3;2*4-7,10,12H,2-3,8-9H2,1H3,(H,15,17);4-7,10,12H,2-3,8-9H2,1H3;2-5H,8H2,1H3;2,4H,1,3,5H2;;;(H2,1,2,3,4)/q;;;;;;;-1;+1;/t17-,20+;15-,19+;3*10-,12-;;;;;/m11000...../s1. The maximum Gasteiger partial charge on any atom is 1.00 e. The second-order valence-electron chi connectivity index (χ2n) is 36.0. The van der Waals surface area contributed by atoms with Crippen LogP contribution >= 0.6 is 0 Å². The molecule has 14 saturated heterocycles. The Morgan fingerprint density at radius 3 is 1.43 bits per heavy atom. The number of hydrogen-bond acceptors (Lipinski definition) is 25. The molecule has 3 amide bonds. The molecule has 34 nitrogen and oxygen atoms in total. The van der Waals surface area contributed by atoms with E-state index in [0.29, 0.717) is 95.4 Å². The molecule has 10 atom stereocenters. The Hall–Kier alpha value is -13.3. The number of piperidine rings is 6. The molecule has 6 N–H and O–H groups in total. The Morgan fingerprint density at radius 1 is 0.507 bits per heavy atom. The molecule has 140 heavy (non-hydrogen) atoms. The fourth-order valence-corrected chi connectivity index (χ4v) is 19.8. The first-order valence-corrected chi connectivity index (χ1v) is 48.2. The number of carbonyl (C=O) groups is 5. The molecule has 16 aliphatic rings. The number of Topliss-reactive ketones (excluding diaryl/α,β-unsaturated/α-hetero) is 1. The van der Waals surface area contributed by atoms with Crippen LogP contribution in [0.25, 0.3) is 43.5 Å². The zero-order valence-corrected chi connectivity index (χ0v) is 82.6. The predicted molar refractivity (Wildman–Crippen MR) is 530 cm³/mol. The number of aryl methyl sites for hydroxylation is 1. The van der Waals surface area contributed by atoms with Crippen molar-refractivity contribution in [1.82, 2.24) is 50.5 Å². The van der Waals surface area contributed by atoms with Gasteiger partial charge in [0.25, 0.3) is 5.91 Å². The molecule has 10 bridgehead atoms. The minimum Gasteiger partial charge on any atom is -0.497 e. The molecular weight excluding hydrogens is 1820 g/mol. The maximum atomic E-state index is 13.8. The Kier molecular flexibility index (Phi) is 36.8. The number of nitrogen functional groups attached to an aromatic ring is 1. The number of carbonyl (C=O) groups excluding carboxylic acids is 5. The molecule has 2 aliphatic carbocycles. The molecular formula is C102H119F2N20NaO14S. The van der Waals surface area contributed by atoms with E-state index < -0.39 is 10.4 Å². The van der Waals surface area contributed by atoms with Gasteiger partial charge in [-0.15, -0.1) is 0 Å². The summed E-state index contributed by atoms with van der Waals surface area (Å²) in [7, 11) is 3.68. The first-order valence-electron chi connectivity index (χ1n) is 46.8. The topological polar surface area (TPSA) is 420 Å². The van der Waals surface area contributed by atoms with Crippen molar-refractivity contribution in [3.05, 3.63) is 252 Å². The van der Waals surface area contributed by atoms with Crippen molar-refractivity contribution in [1.29, 1.82) is 0 Å². The number of hydrogen-bond donors (Lipinski definition) is 5. The van der Waals surface area contributed by atoms with Crippen LogP contribution < -0.4 is 99.0 Å².